The second-order valence-corrected chi connectivity index (χ2v) is 7.52. The van der Waals surface area contributed by atoms with E-state index in [-0.39, 0.29) is 5.41 Å². The average molecular weight is 393 g/mol. The molecule has 0 radical (unpaired) electrons. The predicted octanol–water partition coefficient (Wildman–Crippen LogP) is 4.72. The fourth-order valence-electron chi connectivity index (χ4n) is 2.83. The van der Waals surface area contributed by atoms with Gasteiger partial charge in [-0.3, -0.25) is 4.99 Å². The summed E-state index contributed by atoms with van der Waals surface area (Å²) in [6.07, 6.45) is 9.76. The van der Waals surface area contributed by atoms with Crippen molar-refractivity contribution in [1.29, 1.82) is 0 Å². The number of hydrogen-bond acceptors (Lipinski definition) is 3. The molecule has 1 saturated heterocycles. The third-order valence-corrected chi connectivity index (χ3v) is 5.63. The highest BCUT2D eigenvalue weighted by Crippen LogP contribution is 2.29. The number of aliphatic imine (C=N–C) groups is 2. The fraction of sp³-hybridized carbons (Fsp3) is 0.400. The van der Waals surface area contributed by atoms with Crippen molar-refractivity contribution in [3.63, 3.8) is 0 Å². The normalized spacial score (nSPS) is 18.0. The van der Waals surface area contributed by atoms with Crippen molar-refractivity contribution in [3.8, 4) is 0 Å². The maximum absolute atomic E-state index is 6.18. The molecule has 0 saturated carbocycles. The van der Waals surface area contributed by atoms with Crippen LogP contribution in [0.1, 0.15) is 25.3 Å². The van der Waals surface area contributed by atoms with E-state index >= 15 is 0 Å². The molecule has 0 bridgehead atoms. The smallest absolute Gasteiger partial charge is 0.129 e. The summed E-state index contributed by atoms with van der Waals surface area (Å²) < 4.78 is 0. The first-order chi connectivity index (χ1) is 12.5. The van der Waals surface area contributed by atoms with Gasteiger partial charge in [0, 0.05) is 38.1 Å². The lowest BCUT2D eigenvalue weighted by atomic mass is 9.80. The fourth-order valence-corrected chi connectivity index (χ4v) is 3.23. The number of likely N-dealkylation sites (tertiary alicyclic amines) is 1. The van der Waals surface area contributed by atoms with Crippen LogP contribution in [-0.2, 0) is 6.42 Å². The van der Waals surface area contributed by atoms with Gasteiger partial charge in [-0.05, 0) is 42.5 Å². The summed E-state index contributed by atoms with van der Waals surface area (Å²) in [6.45, 7) is 8.55. The van der Waals surface area contributed by atoms with Crippen LogP contribution < -0.4 is 5.73 Å². The maximum atomic E-state index is 6.18. The van der Waals surface area contributed by atoms with Crippen LogP contribution in [0.5, 0.6) is 0 Å². The van der Waals surface area contributed by atoms with E-state index in [9.17, 15) is 0 Å². The number of rotatable bonds is 6. The Morgan fingerprint density at radius 2 is 2.08 bits per heavy atom. The van der Waals surface area contributed by atoms with Gasteiger partial charge in [0.2, 0.25) is 0 Å². The molecule has 0 atom stereocenters. The average Bonchev–Trinajstić information content (AvgIpc) is 2.64. The van der Waals surface area contributed by atoms with Crippen LogP contribution in [0.3, 0.4) is 0 Å². The summed E-state index contributed by atoms with van der Waals surface area (Å²) in [6, 6.07) is 5.60. The Kier molecular flexibility index (Phi) is 7.88. The molecule has 26 heavy (non-hydrogen) atoms. The molecule has 0 aromatic heterocycles. The van der Waals surface area contributed by atoms with Crippen LogP contribution >= 0.6 is 23.2 Å². The summed E-state index contributed by atoms with van der Waals surface area (Å²) in [5.74, 6) is 0.872. The van der Waals surface area contributed by atoms with Gasteiger partial charge >= 0.3 is 0 Å². The number of piperidine rings is 1. The topological polar surface area (TPSA) is 54.0 Å². The zero-order valence-corrected chi connectivity index (χ0v) is 16.7. The van der Waals surface area contributed by atoms with E-state index in [1.165, 1.54) is 0 Å². The first-order valence-electron chi connectivity index (χ1n) is 8.74. The summed E-state index contributed by atoms with van der Waals surface area (Å²) in [5.41, 5.74) is 7.07. The Balaban J connectivity index is 1.94. The molecule has 1 aromatic rings. The minimum Gasteiger partial charge on any atom is -0.357 e. The zero-order chi connectivity index (χ0) is 19.0. The van der Waals surface area contributed by atoms with Gasteiger partial charge in [0.05, 0.1) is 10.0 Å². The van der Waals surface area contributed by atoms with Crippen LogP contribution in [0.4, 0.5) is 0 Å². The molecule has 1 heterocycles. The molecule has 0 unspecified atom stereocenters. The number of nitrogens with zero attached hydrogens (tertiary/aromatic N) is 3. The predicted molar refractivity (Wildman–Crippen MR) is 113 cm³/mol. The van der Waals surface area contributed by atoms with Gasteiger partial charge in [0.15, 0.2) is 0 Å². The van der Waals surface area contributed by atoms with Gasteiger partial charge < -0.3 is 10.6 Å². The molecular formula is C20H26Cl2N4. The number of nitrogens with two attached hydrogens (primary N) is 1. The van der Waals surface area contributed by atoms with E-state index in [4.69, 9.17) is 28.9 Å². The minimum atomic E-state index is 0.230. The minimum absolute atomic E-state index is 0.230. The van der Waals surface area contributed by atoms with Gasteiger partial charge in [-0.15, -0.1) is 0 Å². The summed E-state index contributed by atoms with van der Waals surface area (Å²) in [4.78, 5) is 11.0. The van der Waals surface area contributed by atoms with Crippen molar-refractivity contribution in [2.24, 2.45) is 21.1 Å². The van der Waals surface area contributed by atoms with Gasteiger partial charge in [0.1, 0.15) is 5.84 Å². The monoisotopic (exact) mass is 392 g/mol. The van der Waals surface area contributed by atoms with Crippen LogP contribution in [0.2, 0.25) is 10.0 Å². The summed E-state index contributed by atoms with van der Waals surface area (Å²) in [7, 11) is 0. The van der Waals surface area contributed by atoms with Crippen LogP contribution in [0.25, 0.3) is 0 Å². The Hall–Kier alpha value is -1.62. The van der Waals surface area contributed by atoms with E-state index in [0.717, 1.165) is 43.9 Å². The van der Waals surface area contributed by atoms with E-state index < -0.39 is 0 Å². The molecule has 140 valence electrons. The van der Waals surface area contributed by atoms with Crippen molar-refractivity contribution in [2.75, 3.05) is 19.6 Å². The molecule has 1 aliphatic heterocycles. The molecule has 1 fully saturated rings. The summed E-state index contributed by atoms with van der Waals surface area (Å²) in [5, 5.41) is 1.14. The molecule has 2 rings (SSSR count). The molecule has 4 nitrogen and oxygen atoms in total. The van der Waals surface area contributed by atoms with Crippen molar-refractivity contribution in [2.45, 2.75) is 26.2 Å². The molecule has 2 N–H and O–H groups in total. The van der Waals surface area contributed by atoms with E-state index in [1.807, 2.05) is 18.2 Å². The molecule has 1 aromatic carbocycles. The quantitative estimate of drug-likeness (QED) is 0.562. The van der Waals surface area contributed by atoms with Gasteiger partial charge in [-0.2, -0.15) is 0 Å². The third-order valence-electron chi connectivity index (χ3n) is 4.77. The highest BCUT2D eigenvalue weighted by atomic mass is 35.5. The Morgan fingerprint density at radius 1 is 1.35 bits per heavy atom. The SMILES string of the molecule is C=CN=C(/C=C/N=CCc1cccc(Cl)c1Cl)N1CCC(C)(CN)CC1. The highest BCUT2D eigenvalue weighted by Gasteiger charge is 2.29. The van der Waals surface area contributed by atoms with Crippen molar-refractivity contribution < 1.29 is 0 Å². The van der Waals surface area contributed by atoms with Crippen molar-refractivity contribution in [3.05, 3.63) is 58.9 Å². The lowest BCUT2D eigenvalue weighted by Crippen LogP contribution is -2.44. The second-order valence-electron chi connectivity index (χ2n) is 6.74. The van der Waals surface area contributed by atoms with Crippen LogP contribution in [0, 0.1) is 5.41 Å². The first kappa shape index (κ1) is 20.7. The zero-order valence-electron chi connectivity index (χ0n) is 15.2. The van der Waals surface area contributed by atoms with E-state index in [1.54, 1.807) is 24.7 Å². The molecule has 6 heteroatoms. The Morgan fingerprint density at radius 3 is 2.73 bits per heavy atom. The number of benzene rings is 1. The first-order valence-corrected chi connectivity index (χ1v) is 9.49. The van der Waals surface area contributed by atoms with E-state index in [2.05, 4.69) is 28.4 Å². The molecule has 0 spiro atoms. The van der Waals surface area contributed by atoms with Crippen LogP contribution in [0.15, 0.2) is 53.2 Å². The molecule has 0 aliphatic carbocycles. The largest absolute Gasteiger partial charge is 0.357 e. The van der Waals surface area contributed by atoms with Gasteiger partial charge in [-0.1, -0.05) is 48.8 Å². The molecule has 0 amide bonds. The highest BCUT2D eigenvalue weighted by molar-refractivity contribution is 6.42. The van der Waals surface area contributed by atoms with Crippen molar-refractivity contribution >= 4 is 35.3 Å². The molecule has 1 aliphatic rings. The number of halogens is 2. The number of amidine groups is 1. The van der Waals surface area contributed by atoms with Crippen molar-refractivity contribution in [1.82, 2.24) is 4.90 Å². The standard InChI is InChI=1S/C20H26Cl2N4/c1-3-25-18(26-13-9-20(2,15-23)10-14-26)8-12-24-11-7-16-5-4-6-17(21)19(16)22/h3-6,8,11-12H,1,7,9-10,13-15,23H2,2H3/b12-8+,24-11?,25-18?. The van der Waals surface area contributed by atoms with Gasteiger partial charge in [-0.25, -0.2) is 4.99 Å². The lowest BCUT2D eigenvalue weighted by Gasteiger charge is -2.39. The molecular weight excluding hydrogens is 367 g/mol. The second kappa shape index (κ2) is 9.91. The Labute approximate surface area is 166 Å². The maximum Gasteiger partial charge on any atom is 0.129 e. The third kappa shape index (κ3) is 5.70. The van der Waals surface area contributed by atoms with Gasteiger partial charge in [0.25, 0.3) is 0 Å². The van der Waals surface area contributed by atoms with E-state index in [0.29, 0.717) is 16.5 Å². The lowest BCUT2D eigenvalue weighted by molar-refractivity contribution is 0.176. The number of hydrogen-bond donors (Lipinski definition) is 1. The summed E-state index contributed by atoms with van der Waals surface area (Å²) >= 11 is 12.2. The Bertz CT molecular complexity index is 702. The van der Waals surface area contributed by atoms with Crippen LogP contribution in [-0.4, -0.2) is 36.6 Å².